The SMILES string of the molecule is CC(NC(=O)[C@@H]1Cc2ccccc2N1)c1ncc[nH]1. The van der Waals surface area contributed by atoms with Crippen LogP contribution >= 0.6 is 0 Å². The highest BCUT2D eigenvalue weighted by atomic mass is 16.2. The Morgan fingerprint density at radius 3 is 3.05 bits per heavy atom. The van der Waals surface area contributed by atoms with Crippen LogP contribution in [-0.4, -0.2) is 21.9 Å². The summed E-state index contributed by atoms with van der Waals surface area (Å²) in [5.41, 5.74) is 2.24. The lowest BCUT2D eigenvalue weighted by atomic mass is 10.1. The van der Waals surface area contributed by atoms with Crippen molar-refractivity contribution in [3.05, 3.63) is 48.0 Å². The summed E-state index contributed by atoms with van der Waals surface area (Å²) in [5, 5.41) is 6.21. The summed E-state index contributed by atoms with van der Waals surface area (Å²) >= 11 is 0. The van der Waals surface area contributed by atoms with E-state index in [0.717, 1.165) is 17.9 Å². The van der Waals surface area contributed by atoms with Gasteiger partial charge in [0, 0.05) is 24.5 Å². The van der Waals surface area contributed by atoms with Crippen LogP contribution in [-0.2, 0) is 11.2 Å². The number of hydrogen-bond acceptors (Lipinski definition) is 3. The van der Waals surface area contributed by atoms with Crippen molar-refractivity contribution < 1.29 is 4.79 Å². The van der Waals surface area contributed by atoms with Gasteiger partial charge in [-0.2, -0.15) is 0 Å². The number of amides is 1. The average Bonchev–Trinajstić information content (AvgIpc) is 3.07. The number of hydrogen-bond donors (Lipinski definition) is 3. The molecule has 3 rings (SSSR count). The van der Waals surface area contributed by atoms with Crippen molar-refractivity contribution in [1.29, 1.82) is 0 Å². The number of nitrogens with one attached hydrogen (secondary N) is 3. The highest BCUT2D eigenvalue weighted by Crippen LogP contribution is 2.25. The van der Waals surface area contributed by atoms with Crippen LogP contribution in [0, 0.1) is 0 Å². The summed E-state index contributed by atoms with van der Waals surface area (Å²) in [5.74, 6) is 0.768. The smallest absolute Gasteiger partial charge is 0.243 e. The number of benzene rings is 1. The lowest BCUT2D eigenvalue weighted by Crippen LogP contribution is -2.39. The van der Waals surface area contributed by atoms with Crippen LogP contribution in [0.15, 0.2) is 36.7 Å². The number of aromatic nitrogens is 2. The van der Waals surface area contributed by atoms with E-state index in [0.29, 0.717) is 0 Å². The largest absolute Gasteiger partial charge is 0.373 e. The Labute approximate surface area is 111 Å². The molecule has 2 aromatic rings. The van der Waals surface area contributed by atoms with Gasteiger partial charge in [0.2, 0.25) is 5.91 Å². The number of carbonyl (C=O) groups excluding carboxylic acids is 1. The Morgan fingerprint density at radius 1 is 1.47 bits per heavy atom. The molecule has 0 saturated heterocycles. The Balaban J connectivity index is 1.64. The molecule has 2 atom stereocenters. The maximum absolute atomic E-state index is 12.2. The van der Waals surface area contributed by atoms with Crippen LogP contribution in [0.4, 0.5) is 5.69 Å². The molecule has 0 radical (unpaired) electrons. The minimum Gasteiger partial charge on any atom is -0.373 e. The summed E-state index contributed by atoms with van der Waals surface area (Å²) in [6, 6.07) is 7.69. The van der Waals surface area contributed by atoms with E-state index in [1.165, 1.54) is 5.56 Å². The minimum absolute atomic E-state index is 0.0000926. The first-order chi connectivity index (χ1) is 9.24. The molecule has 1 aliphatic rings. The number of carbonyl (C=O) groups is 1. The van der Waals surface area contributed by atoms with Crippen molar-refractivity contribution in [2.75, 3.05) is 5.32 Å². The molecule has 3 N–H and O–H groups in total. The molecule has 5 nitrogen and oxygen atoms in total. The number of rotatable bonds is 3. The molecule has 0 aliphatic carbocycles. The Bertz CT molecular complexity index is 554. The van der Waals surface area contributed by atoms with E-state index in [1.54, 1.807) is 12.4 Å². The van der Waals surface area contributed by atoms with Gasteiger partial charge < -0.3 is 15.6 Å². The molecule has 5 heteroatoms. The van der Waals surface area contributed by atoms with Gasteiger partial charge in [-0.3, -0.25) is 4.79 Å². The lowest BCUT2D eigenvalue weighted by Gasteiger charge is -2.16. The van der Waals surface area contributed by atoms with Crippen molar-refractivity contribution in [1.82, 2.24) is 15.3 Å². The normalized spacial score (nSPS) is 18.5. The zero-order valence-electron chi connectivity index (χ0n) is 10.7. The van der Waals surface area contributed by atoms with Crippen molar-refractivity contribution in [2.24, 2.45) is 0 Å². The van der Waals surface area contributed by atoms with Gasteiger partial charge in [-0.15, -0.1) is 0 Å². The van der Waals surface area contributed by atoms with Crippen molar-refractivity contribution in [3.63, 3.8) is 0 Å². The summed E-state index contributed by atoms with van der Waals surface area (Å²) in [6.45, 7) is 1.92. The van der Waals surface area contributed by atoms with Gasteiger partial charge in [-0.25, -0.2) is 4.98 Å². The molecular formula is C14H16N4O. The molecule has 98 valence electrons. The monoisotopic (exact) mass is 256 g/mol. The number of fused-ring (bicyclic) bond motifs is 1. The molecule has 1 aromatic heterocycles. The molecule has 2 heterocycles. The van der Waals surface area contributed by atoms with Crippen LogP contribution in [0.3, 0.4) is 0 Å². The van der Waals surface area contributed by atoms with Crippen LogP contribution in [0.25, 0.3) is 0 Å². The van der Waals surface area contributed by atoms with E-state index < -0.39 is 0 Å². The fourth-order valence-corrected chi connectivity index (χ4v) is 2.35. The number of H-pyrrole nitrogens is 1. The van der Waals surface area contributed by atoms with Gasteiger partial charge in [-0.05, 0) is 18.6 Å². The van der Waals surface area contributed by atoms with Crippen molar-refractivity contribution >= 4 is 11.6 Å². The molecular weight excluding hydrogens is 240 g/mol. The van der Waals surface area contributed by atoms with Gasteiger partial charge in [-0.1, -0.05) is 18.2 Å². The Hall–Kier alpha value is -2.30. The third-order valence-corrected chi connectivity index (χ3v) is 3.38. The van der Waals surface area contributed by atoms with E-state index in [2.05, 4.69) is 20.6 Å². The highest BCUT2D eigenvalue weighted by molar-refractivity contribution is 5.87. The summed E-state index contributed by atoms with van der Waals surface area (Å²) < 4.78 is 0. The van der Waals surface area contributed by atoms with E-state index in [9.17, 15) is 4.79 Å². The molecule has 1 amide bonds. The number of nitrogens with zero attached hydrogens (tertiary/aromatic N) is 1. The molecule has 0 saturated carbocycles. The number of para-hydroxylation sites is 1. The maximum Gasteiger partial charge on any atom is 0.243 e. The first-order valence-corrected chi connectivity index (χ1v) is 6.38. The molecule has 0 bridgehead atoms. The van der Waals surface area contributed by atoms with E-state index >= 15 is 0 Å². The maximum atomic E-state index is 12.2. The predicted molar refractivity (Wildman–Crippen MR) is 72.7 cm³/mol. The topological polar surface area (TPSA) is 69.8 Å². The van der Waals surface area contributed by atoms with Crippen molar-refractivity contribution in [2.45, 2.75) is 25.4 Å². The lowest BCUT2D eigenvalue weighted by molar-refractivity contribution is -0.122. The number of anilines is 1. The van der Waals surface area contributed by atoms with Gasteiger partial charge in [0.15, 0.2) is 0 Å². The third-order valence-electron chi connectivity index (χ3n) is 3.38. The van der Waals surface area contributed by atoms with Gasteiger partial charge in [0.05, 0.1) is 6.04 Å². The summed E-state index contributed by atoms with van der Waals surface area (Å²) in [7, 11) is 0. The third kappa shape index (κ3) is 2.31. The second-order valence-electron chi connectivity index (χ2n) is 4.76. The predicted octanol–water partition coefficient (Wildman–Crippen LogP) is 1.62. The molecule has 19 heavy (non-hydrogen) atoms. The van der Waals surface area contributed by atoms with Gasteiger partial charge in [0.25, 0.3) is 0 Å². The van der Waals surface area contributed by atoms with E-state index in [-0.39, 0.29) is 18.0 Å². The molecule has 1 aliphatic heterocycles. The molecule has 0 fully saturated rings. The standard InChI is InChI=1S/C14H16N4O/c1-9(13-15-6-7-16-13)17-14(19)12-8-10-4-2-3-5-11(10)18-12/h2-7,9,12,18H,8H2,1H3,(H,15,16)(H,17,19)/t9?,12-/m0/s1. The van der Waals surface area contributed by atoms with E-state index in [4.69, 9.17) is 0 Å². The fraction of sp³-hybridized carbons (Fsp3) is 0.286. The highest BCUT2D eigenvalue weighted by Gasteiger charge is 2.27. The van der Waals surface area contributed by atoms with Crippen LogP contribution in [0.5, 0.6) is 0 Å². The first-order valence-electron chi connectivity index (χ1n) is 6.38. The van der Waals surface area contributed by atoms with Crippen molar-refractivity contribution in [3.8, 4) is 0 Å². The van der Waals surface area contributed by atoms with E-state index in [1.807, 2.05) is 31.2 Å². The van der Waals surface area contributed by atoms with Crippen LogP contribution in [0.2, 0.25) is 0 Å². The Kier molecular flexibility index (Phi) is 2.95. The fourth-order valence-electron chi connectivity index (χ4n) is 2.35. The van der Waals surface area contributed by atoms with Gasteiger partial charge >= 0.3 is 0 Å². The Morgan fingerprint density at radius 2 is 2.32 bits per heavy atom. The molecule has 1 unspecified atom stereocenters. The molecule has 1 aromatic carbocycles. The number of aromatic amines is 1. The second kappa shape index (κ2) is 4.76. The summed E-state index contributed by atoms with van der Waals surface area (Å²) in [4.78, 5) is 19.4. The average molecular weight is 256 g/mol. The zero-order valence-corrected chi connectivity index (χ0v) is 10.7. The first kappa shape index (κ1) is 11.8. The zero-order chi connectivity index (χ0) is 13.2. The minimum atomic E-state index is -0.199. The van der Waals surface area contributed by atoms with Gasteiger partial charge in [0.1, 0.15) is 11.9 Å². The number of imidazole rings is 1. The summed E-state index contributed by atoms with van der Waals surface area (Å²) in [6.07, 6.45) is 4.16. The van der Waals surface area contributed by atoms with Crippen LogP contribution < -0.4 is 10.6 Å². The quantitative estimate of drug-likeness (QED) is 0.781. The van der Waals surface area contributed by atoms with Crippen LogP contribution in [0.1, 0.15) is 24.4 Å². The molecule has 0 spiro atoms. The second-order valence-corrected chi connectivity index (χ2v) is 4.76.